The van der Waals surface area contributed by atoms with Gasteiger partial charge in [0.25, 0.3) is 5.91 Å². The first-order valence-electron chi connectivity index (χ1n) is 8.49. The molecule has 0 saturated carbocycles. The monoisotopic (exact) mass is 391 g/mol. The molecule has 0 bridgehead atoms. The lowest BCUT2D eigenvalue weighted by Gasteiger charge is -2.18. The third-order valence-electron chi connectivity index (χ3n) is 3.81. The maximum atomic E-state index is 12.6. The average molecular weight is 392 g/mol. The number of rotatable bonds is 10. The van der Waals surface area contributed by atoms with Crippen LogP contribution in [0.25, 0.3) is 0 Å². The smallest absolute Gasteiger partial charge is 0.305 e. The second kappa shape index (κ2) is 10.5. The summed E-state index contributed by atoms with van der Waals surface area (Å²) in [5, 5.41) is 12.5. The molecule has 2 aromatic rings. The zero-order valence-electron chi connectivity index (χ0n) is 15.0. The van der Waals surface area contributed by atoms with Crippen molar-refractivity contribution in [1.29, 1.82) is 0 Å². The van der Waals surface area contributed by atoms with E-state index < -0.39 is 12.0 Å². The van der Waals surface area contributed by atoms with Crippen molar-refractivity contribution in [2.24, 2.45) is 0 Å². The number of methoxy groups -OCH3 is 1. The van der Waals surface area contributed by atoms with Gasteiger partial charge in [0.2, 0.25) is 0 Å². The molecule has 0 radical (unpaired) electrons. The molecule has 2 N–H and O–H groups in total. The van der Waals surface area contributed by atoms with Crippen LogP contribution >= 0.6 is 11.6 Å². The highest BCUT2D eigenvalue weighted by Crippen LogP contribution is 2.21. The van der Waals surface area contributed by atoms with E-state index in [2.05, 4.69) is 5.32 Å². The first-order valence-corrected chi connectivity index (χ1v) is 8.87. The van der Waals surface area contributed by atoms with Crippen molar-refractivity contribution in [3.63, 3.8) is 0 Å². The molecule has 2 rings (SSSR count). The molecule has 144 valence electrons. The van der Waals surface area contributed by atoms with E-state index in [0.717, 1.165) is 6.42 Å². The van der Waals surface area contributed by atoms with E-state index in [4.69, 9.17) is 26.2 Å². The lowest BCUT2D eigenvalue weighted by Crippen LogP contribution is -2.30. The summed E-state index contributed by atoms with van der Waals surface area (Å²) in [7, 11) is 1.62. The Labute approximate surface area is 163 Å². The summed E-state index contributed by atoms with van der Waals surface area (Å²) >= 11 is 5.88. The normalized spacial score (nSPS) is 11.6. The van der Waals surface area contributed by atoms with Gasteiger partial charge in [0.15, 0.2) is 0 Å². The fraction of sp³-hybridized carbons (Fsp3) is 0.300. The van der Waals surface area contributed by atoms with Crippen molar-refractivity contribution < 1.29 is 24.2 Å². The highest BCUT2D eigenvalue weighted by molar-refractivity contribution is 6.30. The zero-order chi connectivity index (χ0) is 19.6. The third-order valence-corrected chi connectivity index (χ3v) is 4.07. The SMILES string of the molecule is COCCCOc1cccc(C(=O)N[C@@H](CC(=O)O)c2ccc(Cl)cc2)c1. The summed E-state index contributed by atoms with van der Waals surface area (Å²) in [5.41, 5.74) is 1.06. The van der Waals surface area contributed by atoms with Crippen LogP contribution < -0.4 is 10.1 Å². The van der Waals surface area contributed by atoms with Crippen LogP contribution in [0.15, 0.2) is 48.5 Å². The molecule has 1 atom stereocenters. The largest absolute Gasteiger partial charge is 0.493 e. The quantitative estimate of drug-likeness (QED) is 0.603. The van der Waals surface area contributed by atoms with Gasteiger partial charge in [-0.15, -0.1) is 0 Å². The van der Waals surface area contributed by atoms with Crippen molar-refractivity contribution in [2.75, 3.05) is 20.3 Å². The Morgan fingerprint density at radius 1 is 1.15 bits per heavy atom. The molecule has 0 unspecified atom stereocenters. The second-order valence-electron chi connectivity index (χ2n) is 5.90. The van der Waals surface area contributed by atoms with Gasteiger partial charge in [-0.2, -0.15) is 0 Å². The molecule has 0 aliphatic rings. The third kappa shape index (κ3) is 6.92. The van der Waals surface area contributed by atoms with Crippen LogP contribution in [0, 0.1) is 0 Å². The summed E-state index contributed by atoms with van der Waals surface area (Å²) in [6, 6.07) is 12.8. The van der Waals surface area contributed by atoms with Crippen molar-refractivity contribution in [1.82, 2.24) is 5.32 Å². The molecule has 0 saturated heterocycles. The number of carboxylic acid groups (broad SMARTS) is 1. The number of amides is 1. The summed E-state index contributed by atoms with van der Waals surface area (Å²) in [4.78, 5) is 23.8. The van der Waals surface area contributed by atoms with E-state index in [-0.39, 0.29) is 12.3 Å². The van der Waals surface area contributed by atoms with Gasteiger partial charge in [-0.05, 0) is 35.9 Å². The van der Waals surface area contributed by atoms with Crippen molar-refractivity contribution >= 4 is 23.5 Å². The van der Waals surface area contributed by atoms with Gasteiger partial charge < -0.3 is 19.9 Å². The van der Waals surface area contributed by atoms with Crippen LogP contribution in [-0.4, -0.2) is 37.3 Å². The van der Waals surface area contributed by atoms with Gasteiger partial charge in [0.05, 0.1) is 19.1 Å². The number of halogens is 1. The summed E-state index contributed by atoms with van der Waals surface area (Å²) in [6.45, 7) is 1.07. The fourth-order valence-electron chi connectivity index (χ4n) is 2.48. The van der Waals surface area contributed by atoms with Gasteiger partial charge in [0, 0.05) is 30.7 Å². The number of aliphatic carboxylic acids is 1. The molecular formula is C20H22ClNO5. The van der Waals surface area contributed by atoms with E-state index in [1.807, 2.05) is 0 Å². The predicted octanol–water partition coefficient (Wildman–Crippen LogP) is 3.70. The molecule has 0 aliphatic heterocycles. The average Bonchev–Trinajstić information content (AvgIpc) is 2.65. The molecule has 0 aromatic heterocycles. The van der Waals surface area contributed by atoms with E-state index in [1.54, 1.807) is 55.6 Å². The van der Waals surface area contributed by atoms with Crippen LogP contribution in [0.2, 0.25) is 5.02 Å². The molecule has 0 aliphatic carbocycles. The number of ether oxygens (including phenoxy) is 2. The van der Waals surface area contributed by atoms with E-state index >= 15 is 0 Å². The summed E-state index contributed by atoms with van der Waals surface area (Å²) in [5.74, 6) is -0.816. The summed E-state index contributed by atoms with van der Waals surface area (Å²) in [6.07, 6.45) is 0.505. The number of hydrogen-bond donors (Lipinski definition) is 2. The van der Waals surface area contributed by atoms with Gasteiger partial charge in [-0.3, -0.25) is 9.59 Å². The number of carboxylic acids is 1. The predicted molar refractivity (Wildman–Crippen MR) is 102 cm³/mol. The second-order valence-corrected chi connectivity index (χ2v) is 6.33. The van der Waals surface area contributed by atoms with Crippen molar-refractivity contribution in [3.05, 3.63) is 64.7 Å². The van der Waals surface area contributed by atoms with Gasteiger partial charge >= 0.3 is 5.97 Å². The number of benzene rings is 2. The van der Waals surface area contributed by atoms with E-state index in [9.17, 15) is 9.59 Å². The van der Waals surface area contributed by atoms with Gasteiger partial charge in [0.1, 0.15) is 5.75 Å². The first kappa shape index (κ1) is 20.7. The fourth-order valence-corrected chi connectivity index (χ4v) is 2.61. The molecule has 0 heterocycles. The Morgan fingerprint density at radius 2 is 1.89 bits per heavy atom. The number of carbonyl (C=O) groups is 2. The Balaban J connectivity index is 2.07. The van der Waals surface area contributed by atoms with Crippen molar-refractivity contribution in [3.8, 4) is 5.75 Å². The lowest BCUT2D eigenvalue weighted by molar-refractivity contribution is -0.137. The minimum atomic E-state index is -1.01. The topological polar surface area (TPSA) is 84.9 Å². The highest BCUT2D eigenvalue weighted by Gasteiger charge is 2.19. The van der Waals surface area contributed by atoms with Crippen molar-refractivity contribution in [2.45, 2.75) is 18.9 Å². The summed E-state index contributed by atoms with van der Waals surface area (Å²) < 4.78 is 10.6. The number of carbonyl (C=O) groups excluding carboxylic acids is 1. The van der Waals surface area contributed by atoms with Crippen LogP contribution in [0.4, 0.5) is 0 Å². The zero-order valence-corrected chi connectivity index (χ0v) is 15.7. The molecule has 2 aromatic carbocycles. The standard InChI is InChI=1S/C20H22ClNO5/c1-26-10-3-11-27-17-5-2-4-15(12-17)20(25)22-18(13-19(23)24)14-6-8-16(21)9-7-14/h2,4-9,12,18H,3,10-11,13H2,1H3,(H,22,25)(H,23,24)/t18-/m0/s1. The molecule has 27 heavy (non-hydrogen) atoms. The molecule has 6 nitrogen and oxygen atoms in total. The van der Waals surface area contributed by atoms with Gasteiger partial charge in [-0.1, -0.05) is 29.8 Å². The Morgan fingerprint density at radius 3 is 2.56 bits per heavy atom. The molecule has 1 amide bonds. The van der Waals surface area contributed by atoms with Crippen LogP contribution in [0.1, 0.15) is 34.8 Å². The first-order chi connectivity index (χ1) is 13.0. The minimum Gasteiger partial charge on any atom is -0.493 e. The maximum Gasteiger partial charge on any atom is 0.305 e. The minimum absolute atomic E-state index is 0.236. The van der Waals surface area contributed by atoms with Gasteiger partial charge in [-0.25, -0.2) is 0 Å². The Kier molecular flexibility index (Phi) is 8.10. The Bertz CT molecular complexity index is 763. The highest BCUT2D eigenvalue weighted by atomic mass is 35.5. The number of nitrogens with one attached hydrogen (secondary N) is 1. The molecule has 0 fully saturated rings. The number of hydrogen-bond acceptors (Lipinski definition) is 4. The van der Waals surface area contributed by atoms with E-state index in [1.165, 1.54) is 0 Å². The molecule has 7 heteroatoms. The van der Waals surface area contributed by atoms with Crippen LogP contribution in [-0.2, 0) is 9.53 Å². The van der Waals surface area contributed by atoms with Crippen LogP contribution in [0.5, 0.6) is 5.75 Å². The Hall–Kier alpha value is -2.57. The van der Waals surface area contributed by atoms with E-state index in [0.29, 0.717) is 35.1 Å². The molecular weight excluding hydrogens is 370 g/mol. The lowest BCUT2D eigenvalue weighted by atomic mass is 10.0. The maximum absolute atomic E-state index is 12.6. The molecule has 0 spiro atoms. The van der Waals surface area contributed by atoms with Crippen LogP contribution in [0.3, 0.4) is 0 Å².